The number of aromatic nitrogens is 1. The van der Waals surface area contributed by atoms with Crippen LogP contribution in [0.25, 0.3) is 0 Å². The molecule has 0 radical (unpaired) electrons. The molecule has 0 atom stereocenters. The highest BCUT2D eigenvalue weighted by atomic mass is 79.9. The van der Waals surface area contributed by atoms with Gasteiger partial charge in [0, 0.05) is 22.8 Å². The number of hydrogen-bond acceptors (Lipinski definition) is 2. The van der Waals surface area contributed by atoms with E-state index in [1.165, 1.54) is 0 Å². The molecule has 0 saturated carbocycles. The van der Waals surface area contributed by atoms with Gasteiger partial charge in [0.25, 0.3) is 0 Å². The van der Waals surface area contributed by atoms with Gasteiger partial charge >= 0.3 is 0 Å². The number of aliphatic hydroxyl groups is 1. The molecule has 1 aromatic rings. The van der Waals surface area contributed by atoms with Crippen LogP contribution in [0.1, 0.15) is 19.5 Å². The van der Waals surface area contributed by atoms with E-state index in [9.17, 15) is 5.11 Å². The van der Waals surface area contributed by atoms with E-state index in [2.05, 4.69) is 20.9 Å². The zero-order valence-corrected chi connectivity index (χ0v) is 8.80. The van der Waals surface area contributed by atoms with Crippen LogP contribution in [-0.2, 0) is 6.42 Å². The van der Waals surface area contributed by atoms with Crippen LogP contribution in [0.15, 0.2) is 22.8 Å². The van der Waals surface area contributed by atoms with E-state index in [0.29, 0.717) is 6.42 Å². The summed E-state index contributed by atoms with van der Waals surface area (Å²) in [6, 6.07) is 3.83. The third-order valence-electron chi connectivity index (χ3n) is 1.40. The molecule has 0 aliphatic carbocycles. The van der Waals surface area contributed by atoms with Crippen LogP contribution < -0.4 is 0 Å². The molecular weight excluding hydrogens is 218 g/mol. The topological polar surface area (TPSA) is 33.1 Å². The summed E-state index contributed by atoms with van der Waals surface area (Å²) in [5.41, 5.74) is 0.228. The molecule has 1 aromatic heterocycles. The Kier molecular flexibility index (Phi) is 2.85. The standard InChI is InChI=1S/C9H12BrNO/c1-9(2,12)5-8-4-3-7(10)6-11-8/h3-4,6,12H,5H2,1-2H3. The summed E-state index contributed by atoms with van der Waals surface area (Å²) >= 11 is 3.30. The van der Waals surface area contributed by atoms with E-state index in [1.54, 1.807) is 20.0 Å². The van der Waals surface area contributed by atoms with Crippen molar-refractivity contribution >= 4 is 15.9 Å². The lowest BCUT2D eigenvalue weighted by Crippen LogP contribution is -2.22. The Labute approximate surface area is 80.8 Å². The predicted molar refractivity (Wildman–Crippen MR) is 51.9 cm³/mol. The smallest absolute Gasteiger partial charge is 0.0647 e. The Hall–Kier alpha value is -0.410. The van der Waals surface area contributed by atoms with E-state index in [4.69, 9.17) is 0 Å². The van der Waals surface area contributed by atoms with Crippen LogP contribution in [0, 0.1) is 0 Å². The third-order valence-corrected chi connectivity index (χ3v) is 1.87. The van der Waals surface area contributed by atoms with Gasteiger partial charge in [-0.3, -0.25) is 4.98 Å². The van der Waals surface area contributed by atoms with Gasteiger partial charge in [0.05, 0.1) is 5.60 Å². The van der Waals surface area contributed by atoms with Crippen LogP contribution >= 0.6 is 15.9 Å². The van der Waals surface area contributed by atoms with Gasteiger partial charge in [-0.1, -0.05) is 0 Å². The first kappa shape index (κ1) is 9.68. The average Bonchev–Trinajstić information content (AvgIpc) is 1.91. The van der Waals surface area contributed by atoms with Crippen LogP contribution in [-0.4, -0.2) is 15.7 Å². The maximum absolute atomic E-state index is 9.49. The summed E-state index contributed by atoms with van der Waals surface area (Å²) in [7, 11) is 0. The van der Waals surface area contributed by atoms with Gasteiger partial charge in [-0.15, -0.1) is 0 Å². The fraction of sp³-hybridized carbons (Fsp3) is 0.444. The molecule has 0 aliphatic heterocycles. The molecule has 0 spiro atoms. The SMILES string of the molecule is CC(C)(O)Cc1ccc(Br)cn1. The molecule has 0 fully saturated rings. The maximum atomic E-state index is 9.49. The lowest BCUT2D eigenvalue weighted by atomic mass is 10.0. The minimum atomic E-state index is -0.680. The predicted octanol–water partition coefficient (Wildman–Crippen LogP) is 2.16. The van der Waals surface area contributed by atoms with E-state index in [0.717, 1.165) is 10.2 Å². The first-order valence-corrected chi connectivity index (χ1v) is 4.59. The number of halogens is 1. The highest BCUT2D eigenvalue weighted by molar-refractivity contribution is 9.10. The molecule has 3 heteroatoms. The molecule has 2 nitrogen and oxygen atoms in total. The van der Waals surface area contributed by atoms with E-state index in [1.807, 2.05) is 12.1 Å². The summed E-state index contributed by atoms with van der Waals surface area (Å²) < 4.78 is 0.960. The summed E-state index contributed by atoms with van der Waals surface area (Å²) in [6.45, 7) is 3.55. The van der Waals surface area contributed by atoms with Crippen LogP contribution in [0.4, 0.5) is 0 Å². The van der Waals surface area contributed by atoms with Gasteiger partial charge in [-0.25, -0.2) is 0 Å². The van der Waals surface area contributed by atoms with Crippen molar-refractivity contribution in [1.29, 1.82) is 0 Å². The van der Waals surface area contributed by atoms with Gasteiger partial charge in [0.1, 0.15) is 0 Å². The Bertz CT molecular complexity index is 250. The van der Waals surface area contributed by atoms with Crippen LogP contribution in [0.3, 0.4) is 0 Å². The van der Waals surface area contributed by atoms with Crippen LogP contribution in [0.5, 0.6) is 0 Å². The molecule has 0 saturated heterocycles. The quantitative estimate of drug-likeness (QED) is 0.844. The molecule has 1 heterocycles. The number of pyridine rings is 1. The van der Waals surface area contributed by atoms with Crippen molar-refractivity contribution in [3.8, 4) is 0 Å². The van der Waals surface area contributed by atoms with Crippen molar-refractivity contribution in [2.75, 3.05) is 0 Å². The Balaban J connectivity index is 2.71. The molecule has 0 amide bonds. The van der Waals surface area contributed by atoms with E-state index >= 15 is 0 Å². The lowest BCUT2D eigenvalue weighted by molar-refractivity contribution is 0.0799. The maximum Gasteiger partial charge on any atom is 0.0647 e. The second kappa shape index (κ2) is 3.54. The van der Waals surface area contributed by atoms with E-state index in [-0.39, 0.29) is 0 Å². The monoisotopic (exact) mass is 229 g/mol. The lowest BCUT2D eigenvalue weighted by Gasteiger charge is -2.15. The van der Waals surface area contributed by atoms with Gasteiger partial charge in [0.2, 0.25) is 0 Å². The molecule has 1 rings (SSSR count). The first-order chi connectivity index (χ1) is 5.47. The minimum absolute atomic E-state index is 0.584. The molecule has 66 valence electrons. The van der Waals surface area contributed by atoms with Gasteiger partial charge in [-0.2, -0.15) is 0 Å². The van der Waals surface area contributed by atoms with Crippen LogP contribution in [0.2, 0.25) is 0 Å². The fourth-order valence-corrected chi connectivity index (χ4v) is 1.19. The highest BCUT2D eigenvalue weighted by Gasteiger charge is 2.13. The number of nitrogens with zero attached hydrogens (tertiary/aromatic N) is 1. The molecule has 0 aliphatic rings. The van der Waals surface area contributed by atoms with Gasteiger partial charge in [-0.05, 0) is 41.9 Å². The van der Waals surface area contributed by atoms with Gasteiger partial charge in [0.15, 0.2) is 0 Å². The molecule has 0 bridgehead atoms. The largest absolute Gasteiger partial charge is 0.390 e. The Morgan fingerprint density at radius 3 is 2.58 bits per heavy atom. The summed E-state index contributed by atoms with van der Waals surface area (Å²) in [6.07, 6.45) is 2.32. The third kappa shape index (κ3) is 3.32. The molecule has 1 N–H and O–H groups in total. The second-order valence-corrected chi connectivity index (χ2v) is 4.37. The van der Waals surface area contributed by atoms with Crippen molar-refractivity contribution in [1.82, 2.24) is 4.98 Å². The van der Waals surface area contributed by atoms with Crippen molar-refractivity contribution in [2.45, 2.75) is 25.9 Å². The summed E-state index contributed by atoms with van der Waals surface area (Å²) in [5.74, 6) is 0. The van der Waals surface area contributed by atoms with E-state index < -0.39 is 5.60 Å². The molecule has 12 heavy (non-hydrogen) atoms. The van der Waals surface area contributed by atoms with Crippen molar-refractivity contribution in [3.05, 3.63) is 28.5 Å². The van der Waals surface area contributed by atoms with Crippen molar-refractivity contribution in [2.24, 2.45) is 0 Å². The van der Waals surface area contributed by atoms with Crippen molar-refractivity contribution < 1.29 is 5.11 Å². The summed E-state index contributed by atoms with van der Waals surface area (Å²) in [4.78, 5) is 4.16. The average molecular weight is 230 g/mol. The minimum Gasteiger partial charge on any atom is -0.390 e. The zero-order valence-electron chi connectivity index (χ0n) is 7.21. The number of rotatable bonds is 2. The molecular formula is C9H12BrNO. The van der Waals surface area contributed by atoms with Crippen molar-refractivity contribution in [3.63, 3.8) is 0 Å². The first-order valence-electron chi connectivity index (χ1n) is 3.80. The second-order valence-electron chi connectivity index (χ2n) is 3.46. The normalized spacial score (nSPS) is 11.7. The highest BCUT2D eigenvalue weighted by Crippen LogP contribution is 2.12. The zero-order chi connectivity index (χ0) is 9.19. The number of hydrogen-bond donors (Lipinski definition) is 1. The van der Waals surface area contributed by atoms with Gasteiger partial charge < -0.3 is 5.11 Å². The Morgan fingerprint density at radius 1 is 1.50 bits per heavy atom. The summed E-state index contributed by atoms with van der Waals surface area (Å²) in [5, 5.41) is 9.49. The molecule has 0 aromatic carbocycles. The molecule has 0 unspecified atom stereocenters. The fourth-order valence-electron chi connectivity index (χ4n) is 0.954. The Morgan fingerprint density at radius 2 is 2.17 bits per heavy atom.